The molecule has 0 atom stereocenters. The molecule has 0 aliphatic carbocycles. The van der Waals surface area contributed by atoms with Gasteiger partial charge >= 0.3 is 133 Å². The van der Waals surface area contributed by atoms with Gasteiger partial charge in [-0.2, -0.15) is 0 Å². The van der Waals surface area contributed by atoms with Gasteiger partial charge in [-0.1, -0.05) is 0 Å². The van der Waals surface area contributed by atoms with Crippen LogP contribution >= 0.6 is 0 Å². The molecule has 2 heterocycles. The topological polar surface area (TPSA) is 6.48 Å². The summed E-state index contributed by atoms with van der Waals surface area (Å²) in [6.07, 6.45) is 4.62. The van der Waals surface area contributed by atoms with Crippen LogP contribution in [-0.2, 0) is 0 Å². The van der Waals surface area contributed by atoms with Gasteiger partial charge < -0.3 is 0 Å². The zero-order valence-electron chi connectivity index (χ0n) is 12.3. The molecule has 21 heavy (non-hydrogen) atoms. The molecule has 4 rings (SSSR count). The summed E-state index contributed by atoms with van der Waals surface area (Å²) in [5.41, 5.74) is 4.11. The van der Waals surface area contributed by atoms with Crippen molar-refractivity contribution in [2.45, 2.75) is 13.8 Å². The first-order valence-electron chi connectivity index (χ1n) is 7.31. The predicted octanol–water partition coefficient (Wildman–Crippen LogP) is 2.78. The molecule has 0 spiro atoms. The molecule has 0 aromatic heterocycles. The molecule has 2 aromatic rings. The molecule has 2 nitrogen and oxygen atoms in total. The standard InChI is InChI=1S/C18H18N2Te/c1-3-19-16-13-14(2)9-10-17(16)21-18(19)11-12-20(21)15-7-5-4-6-8-15/h4-13H,3H2,1-2H3. The Hall–Kier alpha value is -1.56. The molecule has 0 fully saturated rings. The first kappa shape index (κ1) is 13.1. The molecule has 0 saturated carbocycles. The van der Waals surface area contributed by atoms with Crippen LogP contribution in [0.5, 0.6) is 0 Å². The normalized spacial score (nSPS) is 16.6. The van der Waals surface area contributed by atoms with Gasteiger partial charge in [-0.3, -0.25) is 0 Å². The Bertz CT molecular complexity index is 762. The fourth-order valence-electron chi connectivity index (χ4n) is 2.98. The number of anilines is 2. The Morgan fingerprint density at radius 3 is 2.62 bits per heavy atom. The number of hydrogen-bond donors (Lipinski definition) is 0. The summed E-state index contributed by atoms with van der Waals surface area (Å²) in [5, 5.41) is 0. The Labute approximate surface area is 132 Å². The third-order valence-corrected chi connectivity index (χ3v) is 10.3. The number of hydrogen-bond acceptors (Lipinski definition) is 2. The van der Waals surface area contributed by atoms with E-state index in [1.807, 2.05) is 0 Å². The van der Waals surface area contributed by atoms with Gasteiger partial charge in [0.15, 0.2) is 0 Å². The van der Waals surface area contributed by atoms with Crippen molar-refractivity contribution in [3.8, 4) is 0 Å². The number of fused-ring (bicyclic) bond motifs is 2. The minimum absolute atomic E-state index is 1.05. The van der Waals surface area contributed by atoms with Crippen LogP contribution in [0.25, 0.3) is 0 Å². The van der Waals surface area contributed by atoms with Gasteiger partial charge in [0.2, 0.25) is 0 Å². The first-order valence-corrected chi connectivity index (χ1v) is 10.7. The van der Waals surface area contributed by atoms with Crippen LogP contribution in [0, 0.1) is 6.92 Å². The predicted molar refractivity (Wildman–Crippen MR) is 92.7 cm³/mol. The van der Waals surface area contributed by atoms with Crippen molar-refractivity contribution in [1.29, 1.82) is 0 Å². The van der Waals surface area contributed by atoms with E-state index in [0.29, 0.717) is 0 Å². The second kappa shape index (κ2) is 5.02. The van der Waals surface area contributed by atoms with E-state index in [-0.39, 0.29) is 0 Å². The van der Waals surface area contributed by atoms with E-state index < -0.39 is 19.3 Å². The molecule has 0 amide bonds. The molecule has 0 saturated heterocycles. The summed E-state index contributed by atoms with van der Waals surface area (Å²) in [5.74, 6) is 0. The van der Waals surface area contributed by atoms with E-state index in [1.165, 1.54) is 16.9 Å². The summed E-state index contributed by atoms with van der Waals surface area (Å²) in [6, 6.07) is 17.8. The molecule has 0 bridgehead atoms. The summed E-state index contributed by atoms with van der Waals surface area (Å²) in [6.45, 7) is 5.48. The zero-order valence-corrected chi connectivity index (χ0v) is 14.6. The molecule has 2 aliphatic rings. The monoisotopic (exact) mass is 392 g/mol. The Morgan fingerprint density at radius 2 is 1.86 bits per heavy atom. The maximum atomic E-state index is 2.54. The van der Waals surface area contributed by atoms with E-state index >= 15 is 0 Å². The number of benzene rings is 2. The van der Waals surface area contributed by atoms with Crippen LogP contribution in [-0.4, -0.2) is 29.6 Å². The third kappa shape index (κ3) is 1.96. The second-order valence-electron chi connectivity index (χ2n) is 5.32. The SMILES string of the molecule is CCN1C2=[Te](c3ccc(C)cc31)N(c1ccccc1)C=C2. The average molecular weight is 390 g/mol. The Morgan fingerprint density at radius 1 is 1.05 bits per heavy atom. The van der Waals surface area contributed by atoms with Crippen molar-refractivity contribution < 1.29 is 0 Å². The molecule has 0 N–H and O–H groups in total. The number of rotatable bonds is 2. The van der Waals surface area contributed by atoms with Crippen molar-refractivity contribution in [2.24, 2.45) is 0 Å². The van der Waals surface area contributed by atoms with Crippen molar-refractivity contribution in [3.05, 3.63) is 66.4 Å². The van der Waals surface area contributed by atoms with Crippen molar-refractivity contribution in [3.63, 3.8) is 0 Å². The molecule has 2 aromatic carbocycles. The van der Waals surface area contributed by atoms with Gasteiger partial charge in [-0.15, -0.1) is 0 Å². The Balaban J connectivity index is 1.87. The van der Waals surface area contributed by atoms with Gasteiger partial charge in [0.25, 0.3) is 0 Å². The van der Waals surface area contributed by atoms with Crippen LogP contribution in [0.2, 0.25) is 0 Å². The van der Waals surface area contributed by atoms with E-state index in [4.69, 9.17) is 0 Å². The zero-order chi connectivity index (χ0) is 14.4. The Kier molecular flexibility index (Phi) is 3.14. The fraction of sp³-hybridized carbons (Fsp3) is 0.167. The van der Waals surface area contributed by atoms with Crippen LogP contribution < -0.4 is 11.7 Å². The van der Waals surface area contributed by atoms with Crippen LogP contribution in [0.4, 0.5) is 11.4 Å². The summed E-state index contributed by atoms with van der Waals surface area (Å²) in [4.78, 5) is 2.51. The van der Waals surface area contributed by atoms with Crippen LogP contribution in [0.1, 0.15) is 12.5 Å². The van der Waals surface area contributed by atoms with Gasteiger partial charge in [0, 0.05) is 0 Å². The van der Waals surface area contributed by atoms with Gasteiger partial charge in [0.05, 0.1) is 0 Å². The number of nitrogens with zero attached hydrogens (tertiary/aromatic N) is 2. The van der Waals surface area contributed by atoms with Crippen LogP contribution in [0.15, 0.2) is 60.8 Å². The molecule has 3 heteroatoms. The molecule has 0 unspecified atom stereocenters. The van der Waals surface area contributed by atoms with E-state index in [9.17, 15) is 0 Å². The maximum absolute atomic E-state index is 2.54. The fourth-order valence-corrected chi connectivity index (χ4v) is 9.67. The van der Waals surface area contributed by atoms with E-state index in [1.54, 1.807) is 7.29 Å². The average Bonchev–Trinajstić information content (AvgIpc) is 3.05. The third-order valence-electron chi connectivity index (χ3n) is 3.95. The summed E-state index contributed by atoms with van der Waals surface area (Å²) >= 11 is -1.68. The van der Waals surface area contributed by atoms with E-state index in [0.717, 1.165) is 6.54 Å². The van der Waals surface area contributed by atoms with Gasteiger partial charge in [-0.05, 0) is 0 Å². The quantitative estimate of drug-likeness (QED) is 0.729. The number of likely N-dealkylation sites (N-methyl/N-ethyl adjacent to an activating group) is 1. The van der Waals surface area contributed by atoms with E-state index in [2.05, 4.69) is 82.7 Å². The molecule has 106 valence electrons. The van der Waals surface area contributed by atoms with Crippen molar-refractivity contribution >= 4 is 38.0 Å². The minimum atomic E-state index is -1.68. The molecular weight excluding hydrogens is 372 g/mol. The second-order valence-corrected chi connectivity index (χ2v) is 10.5. The first-order chi connectivity index (χ1) is 10.3. The van der Waals surface area contributed by atoms with Gasteiger partial charge in [0.1, 0.15) is 0 Å². The number of para-hydroxylation sites is 1. The molecular formula is C18H18N2Te. The summed E-state index contributed by atoms with van der Waals surface area (Å²) < 4.78 is 5.68. The van der Waals surface area contributed by atoms with Crippen LogP contribution in [0.3, 0.4) is 0 Å². The summed E-state index contributed by atoms with van der Waals surface area (Å²) in [7, 11) is 0. The van der Waals surface area contributed by atoms with Crippen molar-refractivity contribution in [2.75, 3.05) is 14.6 Å². The molecule has 2 aliphatic heterocycles. The molecule has 0 radical (unpaired) electrons. The van der Waals surface area contributed by atoms with Gasteiger partial charge in [-0.25, -0.2) is 0 Å². The number of aryl methyl sites for hydroxylation is 1. The van der Waals surface area contributed by atoms with Crippen molar-refractivity contribution in [1.82, 2.24) is 0 Å².